The molecule has 0 aromatic carbocycles. The normalized spacial score (nSPS) is 11.9. The lowest BCUT2D eigenvalue weighted by Gasteiger charge is -2.08. The molecule has 2 nitrogen and oxygen atoms in total. The van der Waals surface area contributed by atoms with Gasteiger partial charge in [-0.15, -0.1) is 0 Å². The predicted octanol–water partition coefficient (Wildman–Crippen LogP) is 1.21. The van der Waals surface area contributed by atoms with Crippen molar-refractivity contribution in [1.82, 2.24) is 5.32 Å². The van der Waals surface area contributed by atoms with Crippen LogP contribution >= 0.6 is 36.9 Å². The fourth-order valence-corrected chi connectivity index (χ4v) is 1.30. The molecule has 0 aliphatic rings. The number of halogens is 1. The molecule has 0 saturated carbocycles. The average molecular weight is 216 g/mol. The topological polar surface area (TPSA) is 29.1 Å². The summed E-state index contributed by atoms with van der Waals surface area (Å²) in [6.45, 7) is 0. The Hall–Kier alpha value is 0.620. The van der Waals surface area contributed by atoms with Crippen molar-refractivity contribution in [1.29, 1.82) is 0 Å². The van der Waals surface area contributed by atoms with Gasteiger partial charge in [0.1, 0.15) is 0 Å². The fourth-order valence-electron chi connectivity index (χ4n) is 0.607. The first-order chi connectivity index (χ1) is 4.72. The summed E-state index contributed by atoms with van der Waals surface area (Å²) in [4.78, 5) is 10.6. The third kappa shape index (κ3) is 7.00. The van der Waals surface area contributed by atoms with Gasteiger partial charge >= 0.3 is 0 Å². The van der Waals surface area contributed by atoms with E-state index in [1.54, 1.807) is 18.8 Å². The largest absolute Gasteiger partial charge is 0.309 e. The summed E-state index contributed by atoms with van der Waals surface area (Å²) in [6.07, 6.45) is 2.81. The minimum atomic E-state index is -0.295. The summed E-state index contributed by atoms with van der Waals surface area (Å²) in [5, 5.41) is 2.55. The standard InChI is InChI=1S/C6H12ClNOS.H2S/c1-8-5(6(7)9)3-4-10-2;/h5,8H,3-4H2,1-2H3;1H2. The molecule has 0 aliphatic heterocycles. The van der Waals surface area contributed by atoms with Gasteiger partial charge in [0.25, 0.3) is 0 Å². The zero-order valence-electron chi connectivity index (χ0n) is 6.69. The Kier molecular flexibility index (Phi) is 11.2. The quantitative estimate of drug-likeness (QED) is 0.700. The van der Waals surface area contributed by atoms with Crippen molar-refractivity contribution in [3.8, 4) is 0 Å². The molecule has 0 aromatic rings. The van der Waals surface area contributed by atoms with Crippen LogP contribution in [0.2, 0.25) is 0 Å². The van der Waals surface area contributed by atoms with Crippen molar-refractivity contribution >= 4 is 42.1 Å². The van der Waals surface area contributed by atoms with Gasteiger partial charge in [-0.05, 0) is 37.1 Å². The smallest absolute Gasteiger partial charge is 0.238 e. The van der Waals surface area contributed by atoms with Gasteiger partial charge in [0.2, 0.25) is 5.24 Å². The highest BCUT2D eigenvalue weighted by atomic mass is 35.5. The second-order valence-corrected chi connectivity index (χ2v) is 3.28. The molecule has 1 N–H and O–H groups in total. The molecule has 0 saturated heterocycles. The summed E-state index contributed by atoms with van der Waals surface area (Å²) in [5.74, 6) is 0.962. The van der Waals surface area contributed by atoms with Crippen LogP contribution in [-0.2, 0) is 4.79 Å². The van der Waals surface area contributed by atoms with E-state index in [9.17, 15) is 4.79 Å². The van der Waals surface area contributed by atoms with Crippen molar-refractivity contribution in [3.05, 3.63) is 0 Å². The van der Waals surface area contributed by atoms with Gasteiger partial charge in [0.15, 0.2) is 0 Å². The van der Waals surface area contributed by atoms with E-state index in [-0.39, 0.29) is 24.8 Å². The van der Waals surface area contributed by atoms with Gasteiger partial charge in [-0.3, -0.25) is 4.79 Å². The Morgan fingerprint density at radius 3 is 2.55 bits per heavy atom. The van der Waals surface area contributed by atoms with Crippen LogP contribution in [0.3, 0.4) is 0 Å². The molecule has 11 heavy (non-hydrogen) atoms. The Balaban J connectivity index is 0. The highest BCUT2D eigenvalue weighted by Gasteiger charge is 2.11. The minimum Gasteiger partial charge on any atom is -0.309 e. The van der Waals surface area contributed by atoms with Crippen LogP contribution < -0.4 is 5.32 Å². The van der Waals surface area contributed by atoms with Crippen molar-refractivity contribution in [2.45, 2.75) is 12.5 Å². The van der Waals surface area contributed by atoms with E-state index in [4.69, 9.17) is 11.6 Å². The fraction of sp³-hybridized carbons (Fsp3) is 0.833. The van der Waals surface area contributed by atoms with Crippen LogP contribution in [0.1, 0.15) is 6.42 Å². The molecule has 1 unspecified atom stereocenters. The van der Waals surface area contributed by atoms with Crippen LogP contribution in [-0.4, -0.2) is 30.3 Å². The summed E-state index contributed by atoms with van der Waals surface area (Å²) < 4.78 is 0. The molecule has 1 atom stereocenters. The third-order valence-electron chi connectivity index (χ3n) is 1.23. The molecule has 0 bridgehead atoms. The number of carbonyl (C=O) groups excluding carboxylic acids is 1. The van der Waals surface area contributed by atoms with Gasteiger partial charge < -0.3 is 5.32 Å². The summed E-state index contributed by atoms with van der Waals surface area (Å²) in [5.41, 5.74) is 0. The Labute approximate surface area is 83.9 Å². The number of rotatable bonds is 5. The second-order valence-electron chi connectivity index (χ2n) is 1.93. The molecule has 5 heteroatoms. The monoisotopic (exact) mass is 215 g/mol. The van der Waals surface area contributed by atoms with Crippen molar-refractivity contribution in [2.24, 2.45) is 0 Å². The maximum absolute atomic E-state index is 10.6. The van der Waals surface area contributed by atoms with Crippen molar-refractivity contribution in [3.63, 3.8) is 0 Å². The zero-order valence-corrected chi connectivity index (χ0v) is 9.26. The van der Waals surface area contributed by atoms with E-state index in [0.717, 1.165) is 12.2 Å². The predicted molar refractivity (Wildman–Crippen MR) is 57.1 cm³/mol. The molecule has 0 amide bonds. The Morgan fingerprint density at radius 1 is 1.73 bits per heavy atom. The molecule has 0 spiro atoms. The molecular formula is C6H14ClNOS2. The Bertz CT molecular complexity index is 113. The lowest BCUT2D eigenvalue weighted by Crippen LogP contribution is -2.31. The molecular weight excluding hydrogens is 202 g/mol. The van der Waals surface area contributed by atoms with Crippen LogP contribution in [0, 0.1) is 0 Å². The summed E-state index contributed by atoms with van der Waals surface area (Å²) in [7, 11) is 1.74. The average Bonchev–Trinajstić information content (AvgIpc) is 1.89. The maximum Gasteiger partial charge on any atom is 0.238 e. The van der Waals surface area contributed by atoms with E-state index < -0.39 is 0 Å². The van der Waals surface area contributed by atoms with Crippen LogP contribution in [0.4, 0.5) is 0 Å². The third-order valence-corrected chi connectivity index (χ3v) is 2.14. The van der Waals surface area contributed by atoms with E-state index in [2.05, 4.69) is 5.32 Å². The van der Waals surface area contributed by atoms with E-state index in [0.29, 0.717) is 0 Å². The summed E-state index contributed by atoms with van der Waals surface area (Å²) >= 11 is 6.98. The van der Waals surface area contributed by atoms with Gasteiger partial charge in [-0.25, -0.2) is 0 Å². The first-order valence-electron chi connectivity index (χ1n) is 3.08. The molecule has 0 rings (SSSR count). The van der Waals surface area contributed by atoms with Crippen molar-refractivity contribution in [2.75, 3.05) is 19.1 Å². The first-order valence-corrected chi connectivity index (χ1v) is 4.85. The summed E-state index contributed by atoms with van der Waals surface area (Å²) in [6, 6.07) is -0.172. The molecule has 68 valence electrons. The van der Waals surface area contributed by atoms with Crippen LogP contribution in [0.15, 0.2) is 0 Å². The first kappa shape index (κ1) is 14.2. The van der Waals surface area contributed by atoms with E-state index >= 15 is 0 Å². The number of hydrogen-bond donors (Lipinski definition) is 1. The number of likely N-dealkylation sites (N-methyl/N-ethyl adjacent to an activating group) is 1. The van der Waals surface area contributed by atoms with Gasteiger partial charge in [-0.2, -0.15) is 25.3 Å². The van der Waals surface area contributed by atoms with E-state index in [1.807, 2.05) is 6.26 Å². The number of hydrogen-bond acceptors (Lipinski definition) is 3. The highest BCUT2D eigenvalue weighted by molar-refractivity contribution is 7.98. The Morgan fingerprint density at radius 2 is 2.27 bits per heavy atom. The molecule has 0 fully saturated rings. The second kappa shape index (κ2) is 8.71. The van der Waals surface area contributed by atoms with Crippen molar-refractivity contribution < 1.29 is 4.79 Å². The van der Waals surface area contributed by atoms with Gasteiger partial charge in [0, 0.05) is 0 Å². The zero-order chi connectivity index (χ0) is 7.98. The molecule has 0 aromatic heterocycles. The maximum atomic E-state index is 10.6. The number of carbonyl (C=O) groups is 1. The lowest BCUT2D eigenvalue weighted by atomic mass is 10.2. The lowest BCUT2D eigenvalue weighted by molar-refractivity contribution is -0.113. The van der Waals surface area contributed by atoms with Crippen LogP contribution in [0.25, 0.3) is 0 Å². The highest BCUT2D eigenvalue weighted by Crippen LogP contribution is 2.02. The number of thioether (sulfide) groups is 1. The number of nitrogens with one attached hydrogen (secondary N) is 1. The molecule has 0 radical (unpaired) electrons. The van der Waals surface area contributed by atoms with Gasteiger partial charge in [-0.1, -0.05) is 0 Å². The van der Waals surface area contributed by atoms with Crippen LogP contribution in [0.5, 0.6) is 0 Å². The molecule has 0 aliphatic carbocycles. The van der Waals surface area contributed by atoms with Gasteiger partial charge in [0.05, 0.1) is 6.04 Å². The SMILES string of the molecule is CNC(CCSC)C(=O)Cl.S. The molecule has 0 heterocycles. The minimum absolute atomic E-state index is 0. The van der Waals surface area contributed by atoms with E-state index in [1.165, 1.54) is 0 Å².